The van der Waals surface area contributed by atoms with Crippen LogP contribution in [-0.4, -0.2) is 11.1 Å². The van der Waals surface area contributed by atoms with E-state index in [2.05, 4.69) is 0 Å². The monoisotopic (exact) mass is 334 g/mol. The van der Waals surface area contributed by atoms with Gasteiger partial charge in [0.25, 0.3) is 0 Å². The Hall–Kier alpha value is -2.51. The molecule has 1 N–H and O–H groups in total. The fraction of sp³-hybridized carbons (Fsp3) is 0.133. The molecule has 0 aliphatic rings. The molecule has 8 heteroatoms. The molecule has 2 nitrogen and oxygen atoms in total. The topological polar surface area (TPSA) is 37.3 Å². The molecule has 0 aromatic heterocycles. The Morgan fingerprint density at radius 2 is 1.30 bits per heavy atom. The Morgan fingerprint density at radius 3 is 1.83 bits per heavy atom. The van der Waals surface area contributed by atoms with Gasteiger partial charge in [-0.15, -0.1) is 0 Å². The molecule has 0 aliphatic carbocycles. The van der Waals surface area contributed by atoms with Crippen molar-refractivity contribution in [3.63, 3.8) is 0 Å². The Bertz CT molecular complexity index is 746. The summed E-state index contributed by atoms with van der Waals surface area (Å²) < 4.78 is 78.3. The smallest absolute Gasteiger partial charge is 0.417 e. The molecule has 0 saturated carbocycles. The van der Waals surface area contributed by atoms with Gasteiger partial charge in [0.1, 0.15) is 0 Å². The third-order valence-corrected chi connectivity index (χ3v) is 3.09. The molecule has 0 saturated heterocycles. The fourth-order valence-electron chi connectivity index (χ4n) is 2.11. The number of carbonyl (C=O) groups is 1. The Kier molecular flexibility index (Phi) is 4.10. The molecule has 23 heavy (non-hydrogen) atoms. The van der Waals surface area contributed by atoms with Gasteiger partial charge in [-0.05, 0) is 35.4 Å². The first-order valence-corrected chi connectivity index (χ1v) is 6.13. The van der Waals surface area contributed by atoms with Crippen molar-refractivity contribution in [1.82, 2.24) is 0 Å². The lowest BCUT2D eigenvalue weighted by Gasteiger charge is -2.18. The molecular weight excluding hydrogens is 326 g/mol. The molecule has 0 bridgehead atoms. The molecule has 0 fully saturated rings. The van der Waals surface area contributed by atoms with Crippen LogP contribution < -0.4 is 0 Å². The van der Waals surface area contributed by atoms with Crippen molar-refractivity contribution >= 4 is 5.97 Å². The molecule has 0 heterocycles. The van der Waals surface area contributed by atoms with Gasteiger partial charge >= 0.3 is 18.3 Å². The number of aromatic carboxylic acids is 1. The average molecular weight is 334 g/mol. The fourth-order valence-corrected chi connectivity index (χ4v) is 2.11. The molecular formula is C15H8F6O2. The Balaban J connectivity index is 2.81. The zero-order valence-electron chi connectivity index (χ0n) is 11.2. The van der Waals surface area contributed by atoms with Gasteiger partial charge in [-0.1, -0.05) is 18.2 Å². The quantitative estimate of drug-likeness (QED) is 0.777. The van der Waals surface area contributed by atoms with Gasteiger partial charge in [-0.2, -0.15) is 26.3 Å². The second kappa shape index (κ2) is 5.60. The van der Waals surface area contributed by atoms with Crippen molar-refractivity contribution in [3.05, 3.63) is 59.2 Å². The van der Waals surface area contributed by atoms with Gasteiger partial charge in [0.15, 0.2) is 0 Å². The highest BCUT2D eigenvalue weighted by Gasteiger charge is 2.38. The summed E-state index contributed by atoms with van der Waals surface area (Å²) in [6, 6.07) is 5.47. The highest BCUT2D eigenvalue weighted by Crippen LogP contribution is 2.42. The predicted molar refractivity (Wildman–Crippen MR) is 68.8 cm³/mol. The summed E-state index contributed by atoms with van der Waals surface area (Å²) in [6.07, 6.45) is -9.80. The van der Waals surface area contributed by atoms with Crippen LogP contribution in [0, 0.1) is 0 Å². The highest BCUT2D eigenvalue weighted by atomic mass is 19.4. The Labute approximate surface area is 126 Å². The third kappa shape index (κ3) is 3.46. The van der Waals surface area contributed by atoms with E-state index < -0.39 is 46.1 Å². The number of alkyl halides is 6. The number of rotatable bonds is 2. The lowest BCUT2D eigenvalue weighted by Crippen LogP contribution is -2.12. The minimum absolute atomic E-state index is 0.464. The van der Waals surface area contributed by atoms with Gasteiger partial charge < -0.3 is 5.11 Å². The average Bonchev–Trinajstić information content (AvgIpc) is 2.44. The van der Waals surface area contributed by atoms with E-state index in [1.165, 1.54) is 0 Å². The number of carboxylic acids is 1. The van der Waals surface area contributed by atoms with Crippen LogP contribution in [0.2, 0.25) is 0 Å². The van der Waals surface area contributed by atoms with E-state index in [4.69, 9.17) is 5.11 Å². The van der Waals surface area contributed by atoms with E-state index in [9.17, 15) is 31.1 Å². The SMILES string of the molecule is O=C(O)c1ccc(C(F)(F)F)c(-c2ccccc2C(F)(F)F)c1. The number of benzene rings is 2. The zero-order valence-corrected chi connectivity index (χ0v) is 11.2. The molecule has 0 amide bonds. The minimum Gasteiger partial charge on any atom is -0.478 e. The summed E-state index contributed by atoms with van der Waals surface area (Å²) in [5.74, 6) is -1.54. The van der Waals surface area contributed by atoms with Gasteiger partial charge in [-0.25, -0.2) is 4.79 Å². The van der Waals surface area contributed by atoms with Crippen molar-refractivity contribution in [2.24, 2.45) is 0 Å². The summed E-state index contributed by atoms with van der Waals surface area (Å²) in [5.41, 5.74) is -4.70. The maximum atomic E-state index is 13.1. The van der Waals surface area contributed by atoms with Crippen LogP contribution >= 0.6 is 0 Å². The molecule has 0 atom stereocenters. The van der Waals surface area contributed by atoms with Crippen LogP contribution in [0.3, 0.4) is 0 Å². The minimum atomic E-state index is -4.93. The first-order valence-electron chi connectivity index (χ1n) is 6.13. The maximum Gasteiger partial charge on any atom is 0.417 e. The molecule has 122 valence electrons. The first-order chi connectivity index (χ1) is 10.5. The van der Waals surface area contributed by atoms with Crippen molar-refractivity contribution < 1.29 is 36.2 Å². The number of hydrogen-bond acceptors (Lipinski definition) is 1. The molecule has 2 rings (SSSR count). The van der Waals surface area contributed by atoms with Crippen LogP contribution in [0.25, 0.3) is 11.1 Å². The third-order valence-electron chi connectivity index (χ3n) is 3.09. The van der Waals surface area contributed by atoms with Crippen LogP contribution in [0.5, 0.6) is 0 Å². The highest BCUT2D eigenvalue weighted by molar-refractivity contribution is 5.90. The van der Waals surface area contributed by atoms with E-state index in [-0.39, 0.29) is 0 Å². The van der Waals surface area contributed by atoms with E-state index in [0.717, 1.165) is 18.2 Å². The summed E-state index contributed by atoms with van der Waals surface area (Å²) >= 11 is 0. The van der Waals surface area contributed by atoms with Crippen LogP contribution in [-0.2, 0) is 12.4 Å². The van der Waals surface area contributed by atoms with Crippen LogP contribution in [0.15, 0.2) is 42.5 Å². The predicted octanol–water partition coefficient (Wildman–Crippen LogP) is 5.09. The van der Waals surface area contributed by atoms with Gasteiger partial charge in [-0.3, -0.25) is 0 Å². The molecule has 0 radical (unpaired) electrons. The lowest BCUT2D eigenvalue weighted by molar-refractivity contribution is -0.139. The molecule has 0 spiro atoms. The van der Waals surface area contributed by atoms with Crippen molar-refractivity contribution in [3.8, 4) is 11.1 Å². The van der Waals surface area contributed by atoms with Crippen LogP contribution in [0.1, 0.15) is 21.5 Å². The van der Waals surface area contributed by atoms with E-state index >= 15 is 0 Å². The largest absolute Gasteiger partial charge is 0.478 e. The van der Waals surface area contributed by atoms with E-state index in [0.29, 0.717) is 24.3 Å². The number of carboxylic acid groups (broad SMARTS) is 1. The molecule has 2 aromatic carbocycles. The van der Waals surface area contributed by atoms with Crippen molar-refractivity contribution in [1.29, 1.82) is 0 Å². The maximum absolute atomic E-state index is 13.1. The Morgan fingerprint density at radius 1 is 0.783 bits per heavy atom. The normalized spacial score (nSPS) is 12.3. The summed E-state index contributed by atoms with van der Waals surface area (Å²) in [7, 11) is 0. The number of halogens is 6. The molecule has 0 unspecified atom stereocenters. The lowest BCUT2D eigenvalue weighted by atomic mass is 9.93. The summed E-state index contributed by atoms with van der Waals surface area (Å²) in [4.78, 5) is 10.9. The van der Waals surface area contributed by atoms with Crippen molar-refractivity contribution in [2.75, 3.05) is 0 Å². The van der Waals surface area contributed by atoms with E-state index in [1.807, 2.05) is 0 Å². The van der Waals surface area contributed by atoms with Gasteiger partial charge in [0, 0.05) is 0 Å². The van der Waals surface area contributed by atoms with Crippen molar-refractivity contribution in [2.45, 2.75) is 12.4 Å². The second-order valence-corrected chi connectivity index (χ2v) is 4.61. The summed E-state index contributed by atoms with van der Waals surface area (Å²) in [6.45, 7) is 0. The van der Waals surface area contributed by atoms with Crippen LogP contribution in [0.4, 0.5) is 26.3 Å². The standard InChI is InChI=1S/C15H8F6O2/c16-14(17,18)11-4-2-1-3-9(11)10-7-8(13(22)23)5-6-12(10)15(19,20)21/h1-7H,(H,22,23). The van der Waals surface area contributed by atoms with E-state index in [1.54, 1.807) is 0 Å². The number of hydrogen-bond donors (Lipinski definition) is 1. The second-order valence-electron chi connectivity index (χ2n) is 4.61. The van der Waals surface area contributed by atoms with Gasteiger partial charge in [0.2, 0.25) is 0 Å². The molecule has 2 aromatic rings. The zero-order chi connectivity index (χ0) is 17.4. The molecule has 0 aliphatic heterocycles. The van der Waals surface area contributed by atoms with Gasteiger partial charge in [0.05, 0.1) is 16.7 Å². The first kappa shape index (κ1) is 16.9. The summed E-state index contributed by atoms with van der Waals surface area (Å²) in [5, 5.41) is 8.88.